The summed E-state index contributed by atoms with van der Waals surface area (Å²) in [7, 11) is -3.67. The van der Waals surface area contributed by atoms with Gasteiger partial charge < -0.3 is 10.2 Å². The molecule has 7 nitrogen and oxygen atoms in total. The van der Waals surface area contributed by atoms with Crippen LogP contribution in [0.3, 0.4) is 0 Å². The van der Waals surface area contributed by atoms with Gasteiger partial charge in [0.1, 0.15) is 6.04 Å². The van der Waals surface area contributed by atoms with Gasteiger partial charge in [0.2, 0.25) is 11.8 Å². The van der Waals surface area contributed by atoms with Gasteiger partial charge in [-0.05, 0) is 49.3 Å². The van der Waals surface area contributed by atoms with Crippen molar-refractivity contribution >= 4 is 38.3 Å². The van der Waals surface area contributed by atoms with Gasteiger partial charge in [-0.2, -0.15) is 0 Å². The van der Waals surface area contributed by atoms with E-state index in [2.05, 4.69) is 12.2 Å². The van der Waals surface area contributed by atoms with Gasteiger partial charge in [0.15, 0.2) is 0 Å². The third-order valence-electron chi connectivity index (χ3n) is 7.08. The summed E-state index contributed by atoms with van der Waals surface area (Å²) in [6, 6.07) is 18.2. The third kappa shape index (κ3) is 5.70. The summed E-state index contributed by atoms with van der Waals surface area (Å²) in [5.74, 6) is -0.303. The van der Waals surface area contributed by atoms with Crippen LogP contribution in [0.2, 0.25) is 0 Å². The molecule has 1 atom stereocenters. The second-order valence-electron chi connectivity index (χ2n) is 9.89. The van der Waals surface area contributed by atoms with Gasteiger partial charge in [-0.3, -0.25) is 13.9 Å². The maximum Gasteiger partial charge on any atom is 0.265 e. The van der Waals surface area contributed by atoms with Crippen molar-refractivity contribution in [2.45, 2.75) is 70.4 Å². The van der Waals surface area contributed by atoms with E-state index in [4.69, 9.17) is 0 Å². The number of anilines is 1. The Morgan fingerprint density at radius 2 is 1.74 bits per heavy atom. The molecular weight excluding hydrogens is 498 g/mol. The van der Waals surface area contributed by atoms with E-state index in [-0.39, 0.29) is 24.8 Å². The molecule has 38 heavy (non-hydrogen) atoms. The van der Waals surface area contributed by atoms with Gasteiger partial charge in [-0.1, -0.05) is 74.4 Å². The molecule has 1 heterocycles. The Labute approximate surface area is 225 Å². The van der Waals surface area contributed by atoms with Gasteiger partial charge in [-0.25, -0.2) is 8.42 Å². The number of carbonyl (C=O) groups is 2. The van der Waals surface area contributed by atoms with Crippen molar-refractivity contribution in [2.24, 2.45) is 0 Å². The summed E-state index contributed by atoms with van der Waals surface area (Å²) in [4.78, 5) is 28.6. The van der Waals surface area contributed by atoms with Crippen molar-refractivity contribution in [3.8, 4) is 0 Å². The van der Waals surface area contributed by atoms with E-state index in [1.54, 1.807) is 17.0 Å². The second kappa shape index (κ2) is 12.0. The van der Waals surface area contributed by atoms with Gasteiger partial charge in [0.25, 0.3) is 10.0 Å². The molecule has 0 fully saturated rings. The molecule has 2 amide bonds. The Balaban J connectivity index is 1.50. The summed E-state index contributed by atoms with van der Waals surface area (Å²) >= 11 is 0. The molecular formula is C30H37N3O4S. The van der Waals surface area contributed by atoms with Crippen LogP contribution in [0.25, 0.3) is 10.8 Å². The highest BCUT2D eigenvalue weighted by Crippen LogP contribution is 2.42. The largest absolute Gasteiger partial charge is 0.354 e. The maximum atomic E-state index is 13.6. The summed E-state index contributed by atoms with van der Waals surface area (Å²) in [5, 5.41) is 4.59. The van der Waals surface area contributed by atoms with Crippen LogP contribution in [0.5, 0.6) is 0 Å². The number of hydrogen-bond donors (Lipinski definition) is 1. The molecule has 3 aromatic carbocycles. The summed E-state index contributed by atoms with van der Waals surface area (Å²) in [6.45, 7) is 7.08. The van der Waals surface area contributed by atoms with E-state index < -0.39 is 16.1 Å². The fourth-order valence-corrected chi connectivity index (χ4v) is 6.90. The van der Waals surface area contributed by atoms with Crippen LogP contribution < -0.4 is 9.62 Å². The van der Waals surface area contributed by atoms with Crippen LogP contribution in [0.4, 0.5) is 5.69 Å². The smallest absolute Gasteiger partial charge is 0.265 e. The fourth-order valence-electron chi connectivity index (χ4n) is 5.15. The molecule has 0 saturated heterocycles. The van der Waals surface area contributed by atoms with Crippen molar-refractivity contribution in [1.82, 2.24) is 10.2 Å². The number of nitrogens with zero attached hydrogens (tertiary/aromatic N) is 2. The zero-order valence-corrected chi connectivity index (χ0v) is 23.3. The predicted octanol–water partition coefficient (Wildman–Crippen LogP) is 5.16. The zero-order valence-electron chi connectivity index (χ0n) is 22.4. The van der Waals surface area contributed by atoms with Crippen LogP contribution in [-0.2, 0) is 26.2 Å². The lowest BCUT2D eigenvalue weighted by Gasteiger charge is -2.31. The molecule has 3 aromatic rings. The molecule has 0 radical (unpaired) electrons. The van der Waals surface area contributed by atoms with E-state index in [0.29, 0.717) is 36.5 Å². The number of rotatable bonds is 12. The monoisotopic (exact) mass is 535 g/mol. The molecule has 1 aliphatic rings. The quantitative estimate of drug-likeness (QED) is 0.325. The van der Waals surface area contributed by atoms with E-state index in [1.807, 2.05) is 62.4 Å². The molecule has 0 spiro atoms. The number of aryl methyl sites for hydroxylation is 1. The Hall–Kier alpha value is -3.39. The molecule has 1 N–H and O–H groups in total. The summed E-state index contributed by atoms with van der Waals surface area (Å²) in [6.07, 6.45) is 2.84. The third-order valence-corrected chi connectivity index (χ3v) is 8.94. The number of amides is 2. The van der Waals surface area contributed by atoms with Gasteiger partial charge in [-0.15, -0.1) is 0 Å². The first-order valence-electron chi connectivity index (χ1n) is 13.4. The van der Waals surface area contributed by atoms with Crippen LogP contribution in [0.15, 0.2) is 65.6 Å². The van der Waals surface area contributed by atoms with Crippen LogP contribution in [0, 0.1) is 6.92 Å². The lowest BCUT2D eigenvalue weighted by Crippen LogP contribution is -2.49. The molecule has 0 bridgehead atoms. The predicted molar refractivity (Wildman–Crippen MR) is 151 cm³/mol. The van der Waals surface area contributed by atoms with E-state index >= 15 is 0 Å². The average Bonchev–Trinajstić information content (AvgIpc) is 3.12. The number of benzene rings is 3. The first kappa shape index (κ1) is 27.6. The van der Waals surface area contributed by atoms with Crippen LogP contribution in [0.1, 0.15) is 57.1 Å². The minimum absolute atomic E-state index is 0.142. The highest BCUT2D eigenvalue weighted by Gasteiger charge is 2.35. The van der Waals surface area contributed by atoms with E-state index in [1.165, 1.54) is 4.31 Å². The minimum atomic E-state index is -3.67. The number of sulfonamides is 1. The van der Waals surface area contributed by atoms with E-state index in [0.717, 1.165) is 34.7 Å². The molecule has 202 valence electrons. The lowest BCUT2D eigenvalue weighted by atomic mass is 10.1. The molecule has 0 aliphatic carbocycles. The normalized spacial score (nSPS) is 14.4. The number of unbranched alkanes of at least 4 members (excludes halogenated alkanes) is 1. The second-order valence-corrected chi connectivity index (χ2v) is 11.7. The standard InChI is InChI=1S/C30H37N3O4S/c1-4-6-18-31-30(35)25(5-2)32(21-23-12-7-11-22(3)20-23)28(34)17-10-19-33-26-15-8-13-24-14-9-16-27(29(24)26)38(33,36)37/h7-9,11-16,20,25H,4-6,10,17-19,21H2,1-3H3,(H,31,35)/t25-/m1/s1. The Morgan fingerprint density at radius 1 is 1.00 bits per heavy atom. The number of carbonyl (C=O) groups excluding carboxylic acids is 2. The zero-order chi connectivity index (χ0) is 27.3. The Kier molecular flexibility index (Phi) is 8.72. The van der Waals surface area contributed by atoms with Gasteiger partial charge >= 0.3 is 0 Å². The summed E-state index contributed by atoms with van der Waals surface area (Å²) in [5.41, 5.74) is 2.70. The summed E-state index contributed by atoms with van der Waals surface area (Å²) < 4.78 is 28.0. The molecule has 1 aliphatic heterocycles. The lowest BCUT2D eigenvalue weighted by molar-refractivity contribution is -0.141. The highest BCUT2D eigenvalue weighted by molar-refractivity contribution is 7.93. The van der Waals surface area contributed by atoms with E-state index in [9.17, 15) is 18.0 Å². The first-order chi connectivity index (χ1) is 18.3. The SMILES string of the molecule is CCCCNC(=O)[C@@H](CC)N(Cc1cccc(C)c1)C(=O)CCCN1c2cccc3cccc(c23)S1(=O)=O. The molecule has 0 saturated carbocycles. The van der Waals surface area contributed by atoms with Crippen molar-refractivity contribution in [3.63, 3.8) is 0 Å². The molecule has 0 unspecified atom stereocenters. The molecule has 0 aromatic heterocycles. The Bertz CT molecular complexity index is 1410. The highest BCUT2D eigenvalue weighted by atomic mass is 32.2. The minimum Gasteiger partial charge on any atom is -0.354 e. The van der Waals surface area contributed by atoms with Crippen molar-refractivity contribution in [2.75, 3.05) is 17.4 Å². The fraction of sp³-hybridized carbons (Fsp3) is 0.400. The van der Waals surface area contributed by atoms with Gasteiger partial charge in [0.05, 0.1) is 10.6 Å². The van der Waals surface area contributed by atoms with Crippen LogP contribution >= 0.6 is 0 Å². The number of nitrogens with one attached hydrogen (secondary N) is 1. The van der Waals surface area contributed by atoms with Crippen molar-refractivity contribution in [3.05, 3.63) is 71.8 Å². The van der Waals surface area contributed by atoms with Crippen LogP contribution in [-0.4, -0.2) is 44.3 Å². The topological polar surface area (TPSA) is 86.8 Å². The Morgan fingerprint density at radius 3 is 2.45 bits per heavy atom. The molecule has 8 heteroatoms. The van der Waals surface area contributed by atoms with Crippen molar-refractivity contribution in [1.29, 1.82) is 0 Å². The number of hydrogen-bond acceptors (Lipinski definition) is 4. The maximum absolute atomic E-state index is 13.6. The van der Waals surface area contributed by atoms with Crippen molar-refractivity contribution < 1.29 is 18.0 Å². The average molecular weight is 536 g/mol. The molecule has 4 rings (SSSR count). The van der Waals surface area contributed by atoms with Gasteiger partial charge in [0, 0.05) is 31.4 Å². The first-order valence-corrected chi connectivity index (χ1v) is 14.9.